The third-order valence-electron chi connectivity index (χ3n) is 2.87. The molecule has 3 heteroatoms. The largest absolute Gasteiger partial charge is 0.480 e. The highest BCUT2D eigenvalue weighted by molar-refractivity contribution is 5.77. The van der Waals surface area contributed by atoms with E-state index in [4.69, 9.17) is 10.8 Å². The zero-order valence-corrected chi connectivity index (χ0v) is 10.9. The van der Waals surface area contributed by atoms with Gasteiger partial charge in [0.15, 0.2) is 0 Å². The van der Waals surface area contributed by atoms with Gasteiger partial charge < -0.3 is 10.8 Å². The van der Waals surface area contributed by atoms with Crippen LogP contribution in [0.15, 0.2) is 36.5 Å². The smallest absolute Gasteiger partial charge is 0.323 e. The summed E-state index contributed by atoms with van der Waals surface area (Å²) in [6.45, 7) is 9.31. The zero-order chi connectivity index (χ0) is 13.5. The van der Waals surface area contributed by atoms with E-state index in [1.165, 1.54) is 0 Å². The van der Waals surface area contributed by atoms with Gasteiger partial charge in [-0.15, -0.1) is 0 Å². The minimum absolute atomic E-state index is 0.255. The summed E-state index contributed by atoms with van der Waals surface area (Å²) in [5.41, 5.74) is 5.64. The number of rotatable bonds is 7. The number of carboxylic acids is 1. The number of aliphatic carboxylic acids is 1. The van der Waals surface area contributed by atoms with Crippen molar-refractivity contribution in [2.45, 2.75) is 39.2 Å². The van der Waals surface area contributed by atoms with Gasteiger partial charge in [0.05, 0.1) is 0 Å². The third kappa shape index (κ3) is 5.50. The topological polar surface area (TPSA) is 63.3 Å². The lowest BCUT2D eigenvalue weighted by atomic mass is 9.88. The monoisotopic (exact) mass is 237 g/mol. The van der Waals surface area contributed by atoms with E-state index in [1.807, 2.05) is 25.2 Å². The van der Waals surface area contributed by atoms with Crippen molar-refractivity contribution in [1.29, 1.82) is 0 Å². The molecule has 3 nitrogen and oxygen atoms in total. The highest BCUT2D eigenvalue weighted by Gasteiger charge is 2.28. The van der Waals surface area contributed by atoms with Crippen molar-refractivity contribution in [2.75, 3.05) is 0 Å². The Morgan fingerprint density at radius 3 is 2.59 bits per heavy atom. The Morgan fingerprint density at radius 2 is 2.18 bits per heavy atom. The van der Waals surface area contributed by atoms with Crippen molar-refractivity contribution >= 4 is 5.97 Å². The Kier molecular flexibility index (Phi) is 6.51. The van der Waals surface area contributed by atoms with Gasteiger partial charge in [0.25, 0.3) is 0 Å². The van der Waals surface area contributed by atoms with Crippen molar-refractivity contribution in [3.63, 3.8) is 0 Å². The lowest BCUT2D eigenvalue weighted by Crippen LogP contribution is -2.44. The first-order valence-corrected chi connectivity index (χ1v) is 5.82. The maximum absolute atomic E-state index is 10.9. The van der Waals surface area contributed by atoms with Gasteiger partial charge in [0.2, 0.25) is 0 Å². The molecule has 0 radical (unpaired) electrons. The van der Waals surface area contributed by atoms with Gasteiger partial charge in [-0.1, -0.05) is 37.8 Å². The van der Waals surface area contributed by atoms with Crippen molar-refractivity contribution < 1.29 is 9.90 Å². The molecule has 0 bridgehead atoms. The normalized spacial score (nSPS) is 17.8. The van der Waals surface area contributed by atoms with Gasteiger partial charge in [-0.3, -0.25) is 4.79 Å². The first kappa shape index (κ1) is 15.7. The Balaban J connectivity index is 4.49. The molecule has 0 saturated heterocycles. The van der Waals surface area contributed by atoms with Crippen molar-refractivity contribution in [1.82, 2.24) is 0 Å². The molecule has 0 rings (SSSR count). The van der Waals surface area contributed by atoms with Crippen LogP contribution < -0.4 is 5.73 Å². The summed E-state index contributed by atoms with van der Waals surface area (Å²) in [4.78, 5) is 10.9. The number of allylic oxidation sites excluding steroid dienone is 5. The van der Waals surface area contributed by atoms with Crippen molar-refractivity contribution in [3.05, 3.63) is 36.5 Å². The van der Waals surface area contributed by atoms with Crippen molar-refractivity contribution in [3.8, 4) is 0 Å². The zero-order valence-electron chi connectivity index (χ0n) is 10.9. The molecule has 3 N–H and O–H groups in total. The molecule has 0 spiro atoms. The van der Waals surface area contributed by atoms with E-state index in [0.29, 0.717) is 6.42 Å². The van der Waals surface area contributed by atoms with Gasteiger partial charge in [-0.2, -0.15) is 0 Å². The van der Waals surface area contributed by atoms with E-state index in [9.17, 15) is 4.79 Å². The molecule has 2 atom stereocenters. The number of carbonyl (C=O) groups is 1. The Labute approximate surface area is 104 Å². The van der Waals surface area contributed by atoms with Crippen LogP contribution in [0, 0.1) is 5.92 Å². The van der Waals surface area contributed by atoms with E-state index in [1.54, 1.807) is 13.0 Å². The number of carboxylic acid groups (broad SMARTS) is 1. The third-order valence-corrected chi connectivity index (χ3v) is 2.87. The second-order valence-electron chi connectivity index (χ2n) is 4.56. The van der Waals surface area contributed by atoms with Crippen LogP contribution in [0.4, 0.5) is 0 Å². The molecule has 0 aromatic heterocycles. The average Bonchev–Trinajstić information content (AvgIpc) is 2.27. The molecule has 0 fully saturated rings. The lowest BCUT2D eigenvalue weighted by Gasteiger charge is -2.21. The molecule has 96 valence electrons. The highest BCUT2D eigenvalue weighted by Crippen LogP contribution is 2.21. The summed E-state index contributed by atoms with van der Waals surface area (Å²) >= 11 is 0. The molecular formula is C14H23NO2. The highest BCUT2D eigenvalue weighted by atomic mass is 16.4. The fourth-order valence-corrected chi connectivity index (χ4v) is 1.43. The molecule has 0 amide bonds. The van der Waals surface area contributed by atoms with Crippen LogP contribution in [0.1, 0.15) is 33.6 Å². The lowest BCUT2D eigenvalue weighted by molar-refractivity contribution is -0.143. The number of hydrogen-bond acceptors (Lipinski definition) is 2. The van der Waals surface area contributed by atoms with Crippen LogP contribution in [-0.4, -0.2) is 16.6 Å². The second-order valence-corrected chi connectivity index (χ2v) is 4.56. The van der Waals surface area contributed by atoms with Crippen molar-refractivity contribution in [2.24, 2.45) is 11.7 Å². The molecule has 0 aromatic rings. The fraction of sp³-hybridized carbons (Fsp3) is 0.500. The minimum atomic E-state index is -1.15. The Morgan fingerprint density at radius 1 is 1.59 bits per heavy atom. The van der Waals surface area contributed by atoms with E-state index in [0.717, 1.165) is 12.0 Å². The summed E-state index contributed by atoms with van der Waals surface area (Å²) in [6, 6.07) is 0. The van der Waals surface area contributed by atoms with Gasteiger partial charge in [-0.25, -0.2) is 0 Å². The first-order valence-electron chi connectivity index (χ1n) is 5.82. The molecule has 17 heavy (non-hydrogen) atoms. The predicted molar refractivity (Wildman–Crippen MR) is 71.7 cm³/mol. The Hall–Kier alpha value is -1.35. The summed E-state index contributed by atoms with van der Waals surface area (Å²) in [5, 5.41) is 8.92. The van der Waals surface area contributed by atoms with Gasteiger partial charge in [0, 0.05) is 0 Å². The molecule has 0 aliphatic heterocycles. The molecule has 0 heterocycles. The molecule has 0 aromatic carbocycles. The summed E-state index contributed by atoms with van der Waals surface area (Å²) in [5.74, 6) is -0.701. The van der Waals surface area contributed by atoms with Crippen LogP contribution in [0.25, 0.3) is 0 Å². The van der Waals surface area contributed by atoms with Gasteiger partial charge in [-0.05, 0) is 38.2 Å². The predicted octanol–water partition coefficient (Wildman–Crippen LogP) is 2.89. The SMILES string of the molecule is C=C/C(=C\C=C/C)C(C)CCC(C)(N)C(=O)O. The average molecular weight is 237 g/mol. The van der Waals surface area contributed by atoms with E-state index in [2.05, 4.69) is 13.5 Å². The van der Waals surface area contributed by atoms with Gasteiger partial charge in [0.1, 0.15) is 5.54 Å². The molecule has 2 unspecified atom stereocenters. The van der Waals surface area contributed by atoms with Crippen LogP contribution in [0.3, 0.4) is 0 Å². The molecule has 0 saturated carbocycles. The summed E-state index contributed by atoms with van der Waals surface area (Å²) < 4.78 is 0. The van der Waals surface area contributed by atoms with E-state index in [-0.39, 0.29) is 5.92 Å². The van der Waals surface area contributed by atoms with Gasteiger partial charge >= 0.3 is 5.97 Å². The summed E-state index contributed by atoms with van der Waals surface area (Å²) in [7, 11) is 0. The molecule has 0 aliphatic carbocycles. The van der Waals surface area contributed by atoms with Crippen LogP contribution >= 0.6 is 0 Å². The fourth-order valence-electron chi connectivity index (χ4n) is 1.43. The number of hydrogen-bond donors (Lipinski definition) is 2. The molecular weight excluding hydrogens is 214 g/mol. The Bertz CT molecular complexity index is 327. The second kappa shape index (κ2) is 7.07. The minimum Gasteiger partial charge on any atom is -0.480 e. The van der Waals surface area contributed by atoms with Crippen LogP contribution in [0.5, 0.6) is 0 Å². The summed E-state index contributed by atoms with van der Waals surface area (Å²) in [6.07, 6.45) is 8.87. The maximum atomic E-state index is 10.9. The van der Waals surface area contributed by atoms with E-state index >= 15 is 0 Å². The van der Waals surface area contributed by atoms with Crippen LogP contribution in [0.2, 0.25) is 0 Å². The quantitative estimate of drug-likeness (QED) is 0.669. The number of nitrogens with two attached hydrogens (primary N) is 1. The maximum Gasteiger partial charge on any atom is 0.323 e. The van der Waals surface area contributed by atoms with E-state index < -0.39 is 11.5 Å². The standard InChI is InChI=1S/C14H23NO2/c1-5-7-8-12(6-2)11(3)9-10-14(4,15)13(16)17/h5-8,11H,2,9-10,15H2,1,3-4H3,(H,16,17)/b7-5-,12-8+. The van der Waals surface area contributed by atoms with Crippen LogP contribution in [-0.2, 0) is 4.79 Å². The first-order chi connectivity index (χ1) is 7.85. The molecule has 0 aliphatic rings.